The molecular formula is C12H16Cl2O3S. The zero-order valence-electron chi connectivity index (χ0n) is 9.90. The Morgan fingerprint density at radius 3 is 2.50 bits per heavy atom. The number of sulfone groups is 1. The van der Waals surface area contributed by atoms with Crippen LogP contribution in [-0.2, 0) is 15.6 Å². The Kier molecular flexibility index (Phi) is 6.43. The Bertz CT molecular complexity index is 486. The fourth-order valence-electron chi connectivity index (χ4n) is 1.57. The first-order valence-electron chi connectivity index (χ1n) is 5.70. The van der Waals surface area contributed by atoms with Crippen molar-refractivity contribution in [2.24, 2.45) is 0 Å². The van der Waals surface area contributed by atoms with Crippen LogP contribution in [0.1, 0.15) is 24.8 Å². The maximum absolute atomic E-state index is 11.9. The molecule has 6 heteroatoms. The Morgan fingerprint density at radius 2 is 1.83 bits per heavy atom. The molecule has 0 fully saturated rings. The lowest BCUT2D eigenvalue weighted by Crippen LogP contribution is -2.10. The molecule has 0 amide bonds. The molecule has 0 aromatic heterocycles. The highest BCUT2D eigenvalue weighted by molar-refractivity contribution is 7.90. The third kappa shape index (κ3) is 5.57. The lowest BCUT2D eigenvalue weighted by atomic mass is 10.2. The van der Waals surface area contributed by atoms with E-state index in [1.54, 1.807) is 18.2 Å². The molecule has 1 aromatic rings. The molecule has 18 heavy (non-hydrogen) atoms. The Morgan fingerprint density at radius 1 is 1.11 bits per heavy atom. The van der Waals surface area contributed by atoms with Gasteiger partial charge in [-0.25, -0.2) is 8.42 Å². The van der Waals surface area contributed by atoms with Crippen LogP contribution in [0.15, 0.2) is 18.2 Å². The van der Waals surface area contributed by atoms with Crippen LogP contribution >= 0.6 is 23.2 Å². The molecule has 0 radical (unpaired) electrons. The molecule has 0 bridgehead atoms. The summed E-state index contributed by atoms with van der Waals surface area (Å²) in [5.41, 5.74) is 0.534. The summed E-state index contributed by atoms with van der Waals surface area (Å²) < 4.78 is 23.7. The lowest BCUT2D eigenvalue weighted by Gasteiger charge is -2.06. The summed E-state index contributed by atoms with van der Waals surface area (Å²) in [6, 6.07) is 4.80. The van der Waals surface area contributed by atoms with Gasteiger partial charge in [0.1, 0.15) is 0 Å². The summed E-state index contributed by atoms with van der Waals surface area (Å²) in [6.45, 7) is 0.0974. The van der Waals surface area contributed by atoms with E-state index in [1.165, 1.54) is 0 Å². The first-order chi connectivity index (χ1) is 8.44. The van der Waals surface area contributed by atoms with E-state index in [1.807, 2.05) is 0 Å². The van der Waals surface area contributed by atoms with E-state index in [-0.39, 0.29) is 18.1 Å². The Balaban J connectivity index is 2.62. The largest absolute Gasteiger partial charge is 0.396 e. The Labute approximate surface area is 118 Å². The van der Waals surface area contributed by atoms with Crippen molar-refractivity contribution in [2.45, 2.75) is 25.0 Å². The molecule has 0 atom stereocenters. The summed E-state index contributed by atoms with van der Waals surface area (Å²) in [5.74, 6) is 0.0152. The van der Waals surface area contributed by atoms with Gasteiger partial charge in [0.05, 0.1) is 11.5 Å². The van der Waals surface area contributed by atoms with Gasteiger partial charge in [-0.3, -0.25) is 0 Å². The number of aliphatic hydroxyl groups excluding tert-OH is 1. The van der Waals surface area contributed by atoms with Gasteiger partial charge in [-0.05, 0) is 36.6 Å². The molecule has 0 unspecified atom stereocenters. The van der Waals surface area contributed by atoms with Gasteiger partial charge >= 0.3 is 0 Å². The highest BCUT2D eigenvalue weighted by Crippen LogP contribution is 2.23. The first kappa shape index (κ1) is 15.8. The van der Waals surface area contributed by atoms with E-state index in [0.717, 1.165) is 0 Å². The van der Waals surface area contributed by atoms with Gasteiger partial charge in [0.15, 0.2) is 9.84 Å². The van der Waals surface area contributed by atoms with Gasteiger partial charge in [-0.1, -0.05) is 29.6 Å². The minimum absolute atomic E-state index is 0.0917. The molecule has 3 nitrogen and oxygen atoms in total. The highest BCUT2D eigenvalue weighted by Gasteiger charge is 2.14. The number of hydrogen-bond acceptors (Lipinski definition) is 3. The van der Waals surface area contributed by atoms with E-state index >= 15 is 0 Å². The fraction of sp³-hybridized carbons (Fsp3) is 0.500. The standard InChI is InChI=1S/C12H16Cl2O3S/c13-11-4-5-12(14)10(8-11)9-18(16,17)7-3-1-2-6-15/h4-5,8,15H,1-3,6-7,9H2. The average Bonchev–Trinajstić information content (AvgIpc) is 2.29. The van der Waals surface area contributed by atoms with Crippen molar-refractivity contribution in [3.63, 3.8) is 0 Å². The van der Waals surface area contributed by atoms with Crippen LogP contribution in [0.5, 0.6) is 0 Å². The van der Waals surface area contributed by atoms with Crippen LogP contribution in [0, 0.1) is 0 Å². The van der Waals surface area contributed by atoms with E-state index in [2.05, 4.69) is 0 Å². The van der Waals surface area contributed by atoms with E-state index in [9.17, 15) is 8.42 Å². The molecule has 0 heterocycles. The van der Waals surface area contributed by atoms with Crippen molar-refractivity contribution < 1.29 is 13.5 Å². The number of unbranched alkanes of at least 4 members (excludes halogenated alkanes) is 2. The topological polar surface area (TPSA) is 54.4 Å². The van der Waals surface area contributed by atoms with Crippen molar-refractivity contribution in [2.75, 3.05) is 12.4 Å². The number of hydrogen-bond donors (Lipinski definition) is 1. The summed E-state index contributed by atoms with van der Waals surface area (Å²) in [6.07, 6.45) is 1.90. The number of benzene rings is 1. The highest BCUT2D eigenvalue weighted by atomic mass is 35.5. The Hall–Kier alpha value is -0.290. The van der Waals surface area contributed by atoms with Crippen LogP contribution < -0.4 is 0 Å². The second-order valence-corrected chi connectivity index (χ2v) is 7.14. The molecule has 1 aromatic carbocycles. The van der Waals surface area contributed by atoms with Crippen molar-refractivity contribution in [1.82, 2.24) is 0 Å². The molecular weight excluding hydrogens is 295 g/mol. The SMILES string of the molecule is O=S(=O)(CCCCCO)Cc1cc(Cl)ccc1Cl. The van der Waals surface area contributed by atoms with Crippen molar-refractivity contribution in [3.8, 4) is 0 Å². The van der Waals surface area contributed by atoms with E-state index < -0.39 is 9.84 Å². The van der Waals surface area contributed by atoms with Gasteiger partial charge in [0.25, 0.3) is 0 Å². The molecule has 102 valence electrons. The molecule has 0 aliphatic rings. The normalized spacial score (nSPS) is 11.7. The van der Waals surface area contributed by atoms with Crippen LogP contribution in [0.4, 0.5) is 0 Å². The smallest absolute Gasteiger partial charge is 0.154 e. The van der Waals surface area contributed by atoms with Gasteiger partial charge in [-0.15, -0.1) is 0 Å². The monoisotopic (exact) mass is 310 g/mol. The van der Waals surface area contributed by atoms with E-state index in [0.29, 0.717) is 34.9 Å². The zero-order chi connectivity index (χ0) is 13.6. The van der Waals surface area contributed by atoms with Crippen molar-refractivity contribution in [3.05, 3.63) is 33.8 Å². The van der Waals surface area contributed by atoms with Crippen molar-refractivity contribution in [1.29, 1.82) is 0 Å². The third-order valence-corrected chi connectivity index (χ3v) is 4.76. The molecule has 0 aliphatic heterocycles. The van der Waals surface area contributed by atoms with Gasteiger partial charge in [-0.2, -0.15) is 0 Å². The van der Waals surface area contributed by atoms with E-state index in [4.69, 9.17) is 28.3 Å². The van der Waals surface area contributed by atoms with Crippen molar-refractivity contribution >= 4 is 33.0 Å². The summed E-state index contributed by atoms with van der Waals surface area (Å²) in [5, 5.41) is 9.51. The molecule has 0 saturated heterocycles. The molecule has 0 aliphatic carbocycles. The lowest BCUT2D eigenvalue weighted by molar-refractivity contribution is 0.284. The second kappa shape index (κ2) is 7.34. The third-order valence-electron chi connectivity index (χ3n) is 2.50. The molecule has 0 saturated carbocycles. The summed E-state index contributed by atoms with van der Waals surface area (Å²) in [4.78, 5) is 0. The quantitative estimate of drug-likeness (QED) is 0.787. The van der Waals surface area contributed by atoms with Crippen LogP contribution in [0.3, 0.4) is 0 Å². The molecule has 1 N–H and O–H groups in total. The molecule has 1 rings (SSSR count). The number of rotatable bonds is 7. The predicted octanol–water partition coefficient (Wildman–Crippen LogP) is 3.07. The zero-order valence-corrected chi connectivity index (χ0v) is 12.2. The van der Waals surface area contributed by atoms with Gasteiger partial charge in [0, 0.05) is 16.7 Å². The number of aliphatic hydroxyl groups is 1. The van der Waals surface area contributed by atoms with Gasteiger partial charge < -0.3 is 5.11 Å². The second-order valence-electron chi connectivity index (χ2n) is 4.11. The maximum atomic E-state index is 11.9. The molecule has 0 spiro atoms. The summed E-state index contributed by atoms with van der Waals surface area (Å²) >= 11 is 11.7. The maximum Gasteiger partial charge on any atom is 0.154 e. The van der Waals surface area contributed by atoms with Crippen LogP contribution in [-0.4, -0.2) is 25.9 Å². The summed E-state index contributed by atoms with van der Waals surface area (Å²) in [7, 11) is -3.18. The van der Waals surface area contributed by atoms with Crippen LogP contribution in [0.25, 0.3) is 0 Å². The van der Waals surface area contributed by atoms with Crippen LogP contribution in [0.2, 0.25) is 10.0 Å². The number of halogens is 2. The van der Waals surface area contributed by atoms with Gasteiger partial charge in [0.2, 0.25) is 0 Å². The first-order valence-corrected chi connectivity index (χ1v) is 8.27. The predicted molar refractivity (Wildman–Crippen MR) is 74.9 cm³/mol. The minimum atomic E-state index is -3.18. The fourth-order valence-corrected chi connectivity index (χ4v) is 3.53. The minimum Gasteiger partial charge on any atom is -0.396 e. The average molecular weight is 311 g/mol.